The number of imidazole rings is 1. The zero-order chi connectivity index (χ0) is 13.4. The molecule has 5 nitrogen and oxygen atoms in total. The van der Waals surface area contributed by atoms with Crippen LogP contribution in [0, 0.1) is 5.82 Å². The van der Waals surface area contributed by atoms with Crippen molar-refractivity contribution in [3.05, 3.63) is 35.5 Å². The maximum Gasteiger partial charge on any atom is 0.337 e. The Morgan fingerprint density at radius 1 is 1.42 bits per heavy atom. The lowest BCUT2D eigenvalue weighted by atomic mass is 9.97. The quantitative estimate of drug-likeness (QED) is 0.901. The third-order valence-corrected chi connectivity index (χ3v) is 3.41. The molecule has 0 radical (unpaired) electrons. The fraction of sp³-hybridized carbons (Fsp3) is 0.385. The van der Waals surface area contributed by atoms with E-state index < -0.39 is 11.8 Å². The van der Waals surface area contributed by atoms with Crippen molar-refractivity contribution >= 4 is 11.6 Å². The van der Waals surface area contributed by atoms with Crippen molar-refractivity contribution < 1.29 is 19.0 Å². The van der Waals surface area contributed by atoms with Crippen LogP contribution < -0.4 is 0 Å². The molecule has 1 aliphatic heterocycles. The largest absolute Gasteiger partial charge is 0.478 e. The molecule has 3 heterocycles. The highest BCUT2D eigenvalue weighted by Gasteiger charge is 2.20. The van der Waals surface area contributed by atoms with Crippen LogP contribution in [0.4, 0.5) is 4.39 Å². The Morgan fingerprint density at radius 3 is 2.84 bits per heavy atom. The summed E-state index contributed by atoms with van der Waals surface area (Å²) in [6, 6.07) is 0.998. The molecule has 0 saturated carbocycles. The Kier molecular flexibility index (Phi) is 2.94. The first-order valence-electron chi connectivity index (χ1n) is 6.14. The van der Waals surface area contributed by atoms with Crippen LogP contribution in [0.1, 0.15) is 34.8 Å². The average molecular weight is 264 g/mol. The van der Waals surface area contributed by atoms with E-state index in [9.17, 15) is 9.18 Å². The summed E-state index contributed by atoms with van der Waals surface area (Å²) in [7, 11) is 0. The van der Waals surface area contributed by atoms with Gasteiger partial charge in [-0.15, -0.1) is 0 Å². The van der Waals surface area contributed by atoms with Crippen molar-refractivity contribution in [2.24, 2.45) is 0 Å². The zero-order valence-electron chi connectivity index (χ0n) is 10.2. The Morgan fingerprint density at radius 2 is 2.16 bits per heavy atom. The van der Waals surface area contributed by atoms with E-state index in [1.54, 1.807) is 6.20 Å². The number of carbonyl (C=O) groups is 1. The number of rotatable bonds is 2. The number of fused-ring (bicyclic) bond motifs is 1. The highest BCUT2D eigenvalue weighted by atomic mass is 19.1. The molecule has 1 fully saturated rings. The average Bonchev–Trinajstić information content (AvgIpc) is 2.84. The Bertz CT molecular complexity index is 632. The molecule has 0 bridgehead atoms. The molecule has 1 saturated heterocycles. The van der Waals surface area contributed by atoms with Crippen LogP contribution in [0.2, 0.25) is 0 Å². The van der Waals surface area contributed by atoms with Crippen LogP contribution in [0.25, 0.3) is 5.65 Å². The molecule has 1 aliphatic rings. The summed E-state index contributed by atoms with van der Waals surface area (Å²) >= 11 is 0. The van der Waals surface area contributed by atoms with Crippen molar-refractivity contribution in [2.45, 2.75) is 18.8 Å². The van der Waals surface area contributed by atoms with Crippen molar-refractivity contribution in [1.82, 2.24) is 9.38 Å². The molecule has 0 aliphatic carbocycles. The number of ether oxygens (including phenoxy) is 1. The maximum absolute atomic E-state index is 13.8. The fourth-order valence-electron chi connectivity index (χ4n) is 2.38. The van der Waals surface area contributed by atoms with Crippen molar-refractivity contribution in [3.8, 4) is 0 Å². The first kappa shape index (κ1) is 12.1. The van der Waals surface area contributed by atoms with Crippen LogP contribution in [0.15, 0.2) is 18.5 Å². The molecule has 0 aromatic carbocycles. The number of halogens is 1. The van der Waals surface area contributed by atoms with Gasteiger partial charge in [0, 0.05) is 31.5 Å². The molecule has 0 spiro atoms. The third kappa shape index (κ3) is 2.19. The number of aromatic nitrogens is 2. The van der Waals surface area contributed by atoms with Gasteiger partial charge in [-0.25, -0.2) is 14.2 Å². The number of hydrogen-bond donors (Lipinski definition) is 1. The predicted octanol–water partition coefficient (Wildman–Crippen LogP) is 2.07. The molecule has 2 aromatic heterocycles. The summed E-state index contributed by atoms with van der Waals surface area (Å²) in [4.78, 5) is 15.2. The standard InChI is InChI=1S/C13H13FN2O3/c14-10-5-9(13(17)18)6-16-7-11(15-12(10)16)8-1-3-19-4-2-8/h5-8H,1-4H2,(H,17,18). The monoisotopic (exact) mass is 264 g/mol. The molecule has 0 unspecified atom stereocenters. The second-order valence-electron chi connectivity index (χ2n) is 4.67. The highest BCUT2D eigenvalue weighted by Crippen LogP contribution is 2.27. The van der Waals surface area contributed by atoms with E-state index in [0.29, 0.717) is 13.2 Å². The molecular weight excluding hydrogens is 251 g/mol. The van der Waals surface area contributed by atoms with E-state index >= 15 is 0 Å². The third-order valence-electron chi connectivity index (χ3n) is 3.41. The van der Waals surface area contributed by atoms with Crippen LogP contribution in [0.3, 0.4) is 0 Å². The van der Waals surface area contributed by atoms with Crippen LogP contribution in [-0.4, -0.2) is 33.7 Å². The molecule has 2 aromatic rings. The van der Waals surface area contributed by atoms with Gasteiger partial charge in [-0.05, 0) is 18.9 Å². The minimum absolute atomic E-state index is 0.0825. The van der Waals surface area contributed by atoms with Crippen molar-refractivity contribution in [1.29, 1.82) is 0 Å². The van der Waals surface area contributed by atoms with Gasteiger partial charge in [0.05, 0.1) is 11.3 Å². The highest BCUT2D eigenvalue weighted by molar-refractivity contribution is 5.87. The van der Waals surface area contributed by atoms with E-state index in [-0.39, 0.29) is 17.1 Å². The van der Waals surface area contributed by atoms with Gasteiger partial charge in [0.2, 0.25) is 0 Å². The molecule has 19 heavy (non-hydrogen) atoms. The van der Waals surface area contributed by atoms with Gasteiger partial charge in [0.1, 0.15) is 0 Å². The van der Waals surface area contributed by atoms with Crippen LogP contribution >= 0.6 is 0 Å². The Balaban J connectivity index is 2.04. The lowest BCUT2D eigenvalue weighted by molar-refractivity contribution is 0.0695. The minimum atomic E-state index is -1.15. The fourth-order valence-corrected chi connectivity index (χ4v) is 2.38. The number of pyridine rings is 1. The topological polar surface area (TPSA) is 63.8 Å². The van der Waals surface area contributed by atoms with Gasteiger partial charge in [0.25, 0.3) is 0 Å². The van der Waals surface area contributed by atoms with Gasteiger partial charge in [-0.1, -0.05) is 0 Å². The predicted molar refractivity (Wildman–Crippen MR) is 64.9 cm³/mol. The number of hydrogen-bond acceptors (Lipinski definition) is 3. The summed E-state index contributed by atoms with van der Waals surface area (Å²) in [5.74, 6) is -1.51. The first-order valence-corrected chi connectivity index (χ1v) is 6.14. The summed E-state index contributed by atoms with van der Waals surface area (Å²) < 4.78 is 20.5. The van der Waals surface area contributed by atoms with E-state index in [4.69, 9.17) is 9.84 Å². The van der Waals surface area contributed by atoms with E-state index in [1.807, 2.05) is 0 Å². The summed E-state index contributed by atoms with van der Waals surface area (Å²) in [6.45, 7) is 1.36. The Hall–Kier alpha value is -1.95. The van der Waals surface area contributed by atoms with E-state index in [2.05, 4.69) is 4.98 Å². The van der Waals surface area contributed by atoms with E-state index in [0.717, 1.165) is 24.6 Å². The SMILES string of the molecule is O=C(O)c1cc(F)c2nc(C3CCOCC3)cn2c1. The molecule has 100 valence electrons. The van der Waals surface area contributed by atoms with Gasteiger partial charge in [-0.3, -0.25) is 0 Å². The molecule has 0 atom stereocenters. The maximum atomic E-state index is 13.8. The molecule has 3 rings (SSSR count). The van der Waals surface area contributed by atoms with Gasteiger partial charge in [-0.2, -0.15) is 0 Å². The first-order chi connectivity index (χ1) is 9.15. The number of aromatic carboxylic acids is 1. The molecule has 6 heteroatoms. The lowest BCUT2D eigenvalue weighted by Crippen LogP contribution is -2.14. The number of nitrogens with zero attached hydrogens (tertiary/aromatic N) is 2. The van der Waals surface area contributed by atoms with Gasteiger partial charge >= 0.3 is 5.97 Å². The molecule has 1 N–H and O–H groups in total. The Labute approximate surface area is 108 Å². The minimum Gasteiger partial charge on any atom is -0.478 e. The smallest absolute Gasteiger partial charge is 0.337 e. The van der Waals surface area contributed by atoms with Gasteiger partial charge in [0.15, 0.2) is 11.5 Å². The number of carboxylic acid groups (broad SMARTS) is 1. The lowest BCUT2D eigenvalue weighted by Gasteiger charge is -2.19. The van der Waals surface area contributed by atoms with Crippen molar-refractivity contribution in [3.63, 3.8) is 0 Å². The second kappa shape index (κ2) is 4.62. The van der Waals surface area contributed by atoms with E-state index in [1.165, 1.54) is 10.6 Å². The summed E-state index contributed by atoms with van der Waals surface area (Å²) in [5.41, 5.74) is 0.886. The normalized spacial score (nSPS) is 16.9. The molecule has 0 amide bonds. The molecular formula is C13H13FN2O3. The zero-order valence-corrected chi connectivity index (χ0v) is 10.2. The van der Waals surface area contributed by atoms with Gasteiger partial charge < -0.3 is 14.2 Å². The van der Waals surface area contributed by atoms with Crippen molar-refractivity contribution in [2.75, 3.05) is 13.2 Å². The summed E-state index contributed by atoms with van der Waals surface area (Å²) in [5, 5.41) is 8.91. The van der Waals surface area contributed by atoms with Crippen LogP contribution in [0.5, 0.6) is 0 Å². The number of carboxylic acids is 1. The summed E-state index contributed by atoms with van der Waals surface area (Å²) in [6.07, 6.45) is 4.81. The second-order valence-corrected chi connectivity index (χ2v) is 4.67. The van der Waals surface area contributed by atoms with Crippen LogP contribution in [-0.2, 0) is 4.74 Å².